The molecule has 8 heterocycles. The fourth-order valence-corrected chi connectivity index (χ4v) is 9.39. The molecule has 0 amide bonds. The lowest BCUT2D eigenvalue weighted by Crippen LogP contribution is -2.35. The molecule has 0 aromatic carbocycles. The molecule has 0 spiro atoms. The number of alkyl halides is 1. The third-order valence-electron chi connectivity index (χ3n) is 8.82. The molecule has 24 heteroatoms. The summed E-state index contributed by atoms with van der Waals surface area (Å²) in [5.41, 5.74) is 0.409. The van der Waals surface area contributed by atoms with Crippen molar-refractivity contribution in [2.24, 2.45) is 0 Å². The zero-order chi connectivity index (χ0) is 34.9. The van der Waals surface area contributed by atoms with Gasteiger partial charge < -0.3 is 34.0 Å². The van der Waals surface area contributed by atoms with Gasteiger partial charge in [-0.3, -0.25) is 32.0 Å². The Morgan fingerprint density at radius 1 is 0.940 bits per heavy atom. The van der Waals surface area contributed by atoms with Gasteiger partial charge in [-0.25, -0.2) is 33.5 Å². The molecule has 10 atom stereocenters. The fourth-order valence-electron chi connectivity index (χ4n) is 6.53. The highest BCUT2D eigenvalue weighted by Crippen LogP contribution is 2.54. The second-order valence-corrected chi connectivity index (χ2v) is 15.8. The van der Waals surface area contributed by atoms with Crippen LogP contribution in [0.4, 0.5) is 4.39 Å². The number of nitrogens with zero attached hydrogens (tertiary/aromatic N) is 7. The van der Waals surface area contributed by atoms with Gasteiger partial charge in [0.1, 0.15) is 53.8 Å². The summed E-state index contributed by atoms with van der Waals surface area (Å²) in [5, 5.41) is 21.8. The minimum atomic E-state index is -5.15. The van der Waals surface area contributed by atoms with E-state index in [2.05, 4.69) is 19.9 Å². The SMILES string of the molecule is O=c1c2ncn([C@@H]3O[C@@H]4COP(=O)(O)O[C@H]5[C@@H](F)[C@H](n6cc7c8c(ncnc86)SCCC7)O[C@@H]5COP(=O)(O)O[C@@H]3[C@@H]4O)c2ncn1CCO. The lowest BCUT2D eigenvalue weighted by molar-refractivity contribution is -0.0670. The smallest absolute Gasteiger partial charge is 0.395 e. The molecule has 4 aromatic heterocycles. The van der Waals surface area contributed by atoms with Gasteiger partial charge in [-0.1, -0.05) is 0 Å². The molecule has 2 bridgehead atoms. The van der Waals surface area contributed by atoms with Gasteiger partial charge in [0.25, 0.3) is 5.56 Å². The van der Waals surface area contributed by atoms with Gasteiger partial charge in [-0.15, -0.1) is 11.8 Å². The quantitative estimate of drug-likeness (QED) is 0.164. The van der Waals surface area contributed by atoms with Crippen LogP contribution in [-0.2, 0) is 49.7 Å². The summed E-state index contributed by atoms with van der Waals surface area (Å²) in [6, 6.07) is 0. The van der Waals surface area contributed by atoms with E-state index in [0.29, 0.717) is 12.1 Å². The van der Waals surface area contributed by atoms with Gasteiger partial charge in [0, 0.05) is 6.20 Å². The molecule has 0 aliphatic carbocycles. The number of phosphoric acid groups is 2. The summed E-state index contributed by atoms with van der Waals surface area (Å²) in [5.74, 6) is 0.837. The molecule has 0 saturated carbocycles. The molecule has 4 aromatic rings. The second kappa shape index (κ2) is 13.1. The number of rotatable bonds is 4. The topological polar surface area (TPSA) is 254 Å². The van der Waals surface area contributed by atoms with E-state index in [9.17, 15) is 33.9 Å². The number of thioether (sulfide) groups is 1. The highest BCUT2D eigenvalue weighted by Gasteiger charge is 2.54. The Morgan fingerprint density at radius 2 is 1.68 bits per heavy atom. The molecule has 4 aliphatic heterocycles. The molecule has 2 unspecified atom stereocenters. The average molecular weight is 762 g/mol. The van der Waals surface area contributed by atoms with E-state index in [1.54, 1.807) is 6.20 Å². The Balaban J connectivity index is 1.10. The van der Waals surface area contributed by atoms with Crippen LogP contribution in [0.5, 0.6) is 0 Å². The van der Waals surface area contributed by atoms with Crippen LogP contribution in [0.2, 0.25) is 0 Å². The van der Waals surface area contributed by atoms with Crippen molar-refractivity contribution in [1.29, 1.82) is 0 Å². The van der Waals surface area contributed by atoms with Crippen molar-refractivity contribution in [3.05, 3.63) is 41.1 Å². The summed E-state index contributed by atoms with van der Waals surface area (Å²) < 4.78 is 79.4. The van der Waals surface area contributed by atoms with Crippen LogP contribution in [0, 0.1) is 0 Å². The van der Waals surface area contributed by atoms with E-state index in [-0.39, 0.29) is 24.3 Å². The van der Waals surface area contributed by atoms with E-state index in [1.807, 2.05) is 0 Å². The van der Waals surface area contributed by atoms with Crippen molar-refractivity contribution in [3.63, 3.8) is 0 Å². The normalized spacial score (nSPS) is 36.5. The van der Waals surface area contributed by atoms with Crippen molar-refractivity contribution in [2.45, 2.75) is 73.6 Å². The molecule has 4 N–H and O–H groups in total. The standard InChI is InChI=1S/C26H30FN7O13P2S/c27-16-19-14(45-25(16)33-6-12-2-1-5-50-23-15(12)21(33)28-9-29-23)8-43-49(40,41)47-20-18(36)13(7-42-48(38,39)46-19)44-26(20)34-11-30-17-22(34)31-10-32(3-4-35)24(17)37/h6,9-11,13-14,16,18-20,25-26,35-36H,1-5,7-8H2,(H,38,39)(H,40,41)/t13-,14-,16-,18-,19-,20-,25-,26-/m1/s1. The van der Waals surface area contributed by atoms with Crippen LogP contribution in [-0.4, -0.2) is 116 Å². The predicted octanol–water partition coefficient (Wildman–Crippen LogP) is 0.580. The van der Waals surface area contributed by atoms with Crippen LogP contribution in [0.15, 0.2) is 35.0 Å². The van der Waals surface area contributed by atoms with Gasteiger partial charge in [-0.05, 0) is 24.2 Å². The molecule has 50 heavy (non-hydrogen) atoms. The molecule has 20 nitrogen and oxygen atoms in total. The maximum absolute atomic E-state index is 16.3. The first-order chi connectivity index (χ1) is 23.9. The first kappa shape index (κ1) is 34.4. The van der Waals surface area contributed by atoms with Crippen molar-refractivity contribution in [3.8, 4) is 0 Å². The number of aliphatic hydroxyl groups is 2. The monoisotopic (exact) mass is 761 g/mol. The lowest BCUT2D eigenvalue weighted by Gasteiger charge is -2.25. The zero-order valence-corrected chi connectivity index (χ0v) is 28.3. The molecule has 8 rings (SSSR count). The zero-order valence-electron chi connectivity index (χ0n) is 25.7. The molecule has 270 valence electrons. The maximum Gasteiger partial charge on any atom is 0.472 e. The third-order valence-corrected chi connectivity index (χ3v) is 11.9. The number of aliphatic hydroxyl groups excluding tert-OH is 2. The van der Waals surface area contributed by atoms with Gasteiger partial charge in [0.15, 0.2) is 29.8 Å². The Labute approximate surface area is 284 Å². The molecule has 3 saturated heterocycles. The third kappa shape index (κ3) is 6.05. The number of imidazole rings is 1. The molecule has 4 aliphatic rings. The summed E-state index contributed by atoms with van der Waals surface area (Å²) >= 11 is 1.54. The van der Waals surface area contributed by atoms with Crippen LogP contribution in [0.3, 0.4) is 0 Å². The highest BCUT2D eigenvalue weighted by molar-refractivity contribution is 7.99. The minimum Gasteiger partial charge on any atom is -0.395 e. The number of hydrogen-bond donors (Lipinski definition) is 4. The second-order valence-electron chi connectivity index (χ2n) is 11.9. The Bertz CT molecular complexity index is 2100. The Kier molecular flexibility index (Phi) is 8.99. The van der Waals surface area contributed by atoms with Crippen LogP contribution < -0.4 is 5.56 Å². The molecule has 0 radical (unpaired) electrons. The van der Waals surface area contributed by atoms with Crippen molar-refractivity contribution in [1.82, 2.24) is 33.6 Å². The van der Waals surface area contributed by atoms with Gasteiger partial charge in [-0.2, -0.15) is 0 Å². The Morgan fingerprint density at radius 3 is 2.46 bits per heavy atom. The van der Waals surface area contributed by atoms with Gasteiger partial charge in [0.05, 0.1) is 38.1 Å². The number of halogens is 1. The summed E-state index contributed by atoms with van der Waals surface area (Å²) in [7, 11) is -10.3. The van der Waals surface area contributed by atoms with E-state index in [1.165, 1.54) is 22.7 Å². The van der Waals surface area contributed by atoms with E-state index in [0.717, 1.165) is 49.9 Å². The first-order valence-corrected chi connectivity index (χ1v) is 19.4. The average Bonchev–Trinajstić information content (AvgIpc) is 3.78. The van der Waals surface area contributed by atoms with E-state index in [4.69, 9.17) is 27.6 Å². The number of fused-ring (bicyclic) bond motifs is 4. The van der Waals surface area contributed by atoms with Crippen molar-refractivity contribution < 1.29 is 61.1 Å². The molecular weight excluding hydrogens is 731 g/mol. The number of aryl methyl sites for hydroxylation is 1. The lowest BCUT2D eigenvalue weighted by atomic mass is 10.1. The number of hydrogen-bond acceptors (Lipinski definition) is 16. The largest absolute Gasteiger partial charge is 0.472 e. The highest BCUT2D eigenvalue weighted by atomic mass is 32.2. The summed E-state index contributed by atoms with van der Waals surface area (Å²) in [6.07, 6.45) is -6.64. The van der Waals surface area contributed by atoms with Crippen molar-refractivity contribution in [2.75, 3.05) is 25.6 Å². The minimum absolute atomic E-state index is 0.0558. The molecule has 3 fully saturated rings. The maximum atomic E-state index is 16.3. The van der Waals surface area contributed by atoms with Crippen LogP contribution in [0.1, 0.15) is 24.4 Å². The number of ether oxygens (including phenoxy) is 2. The van der Waals surface area contributed by atoms with Crippen LogP contribution >= 0.6 is 27.4 Å². The number of phosphoric ester groups is 2. The summed E-state index contributed by atoms with van der Waals surface area (Å²) in [4.78, 5) is 51.3. The number of aromatic nitrogens is 7. The fraction of sp³-hybridized carbons (Fsp3) is 0.577. The summed E-state index contributed by atoms with van der Waals surface area (Å²) in [6.45, 7) is -2.09. The predicted molar refractivity (Wildman–Crippen MR) is 165 cm³/mol. The van der Waals surface area contributed by atoms with Gasteiger partial charge in [0.2, 0.25) is 0 Å². The van der Waals surface area contributed by atoms with Crippen molar-refractivity contribution >= 4 is 49.6 Å². The van der Waals surface area contributed by atoms with Crippen LogP contribution in [0.25, 0.3) is 22.2 Å². The Hall–Kier alpha value is -2.69. The molecular formula is C26H30FN7O13P2S. The van der Waals surface area contributed by atoms with E-state index < -0.39 is 83.6 Å². The van der Waals surface area contributed by atoms with Gasteiger partial charge >= 0.3 is 15.6 Å². The van der Waals surface area contributed by atoms with E-state index >= 15 is 4.39 Å². The first-order valence-electron chi connectivity index (χ1n) is 15.4.